The van der Waals surface area contributed by atoms with E-state index in [0.717, 1.165) is 18.0 Å². The van der Waals surface area contributed by atoms with Gasteiger partial charge in [-0.2, -0.15) is 0 Å². The van der Waals surface area contributed by atoms with Crippen LogP contribution < -0.4 is 5.32 Å². The molecule has 0 aliphatic carbocycles. The molecule has 3 rings (SSSR count). The van der Waals surface area contributed by atoms with E-state index >= 15 is 0 Å². The summed E-state index contributed by atoms with van der Waals surface area (Å²) in [4.78, 5) is 29.3. The average molecular weight is 307 g/mol. The van der Waals surface area contributed by atoms with E-state index in [4.69, 9.17) is 0 Å². The van der Waals surface area contributed by atoms with E-state index in [2.05, 4.69) is 12.2 Å². The molecule has 2 amide bonds. The smallest absolute Gasteiger partial charge is 0.264 e. The van der Waals surface area contributed by atoms with E-state index in [0.29, 0.717) is 32.1 Å². The zero-order chi connectivity index (χ0) is 14.8. The molecule has 0 bridgehead atoms. The lowest BCUT2D eigenvalue weighted by molar-refractivity contribution is -0.137. The highest BCUT2D eigenvalue weighted by Gasteiger charge is 2.34. The molecule has 5 nitrogen and oxygen atoms in total. The van der Waals surface area contributed by atoms with Crippen LogP contribution >= 0.6 is 11.3 Å². The maximum absolute atomic E-state index is 12.5. The van der Waals surface area contributed by atoms with E-state index in [1.54, 1.807) is 0 Å². The van der Waals surface area contributed by atoms with Gasteiger partial charge in [0, 0.05) is 32.7 Å². The van der Waals surface area contributed by atoms with Crippen molar-refractivity contribution in [3.8, 4) is 0 Å². The van der Waals surface area contributed by atoms with Gasteiger partial charge in [-0.1, -0.05) is 13.0 Å². The van der Waals surface area contributed by atoms with Crippen molar-refractivity contribution >= 4 is 23.2 Å². The first kappa shape index (κ1) is 14.5. The Morgan fingerprint density at radius 2 is 1.90 bits per heavy atom. The second-order valence-corrected chi connectivity index (χ2v) is 6.78. The fraction of sp³-hybridized carbons (Fsp3) is 0.600. The topological polar surface area (TPSA) is 52.7 Å². The molecule has 0 radical (unpaired) electrons. The summed E-state index contributed by atoms with van der Waals surface area (Å²) in [6, 6.07) is 3.75. The molecule has 2 aliphatic heterocycles. The average Bonchev–Trinajstić information content (AvgIpc) is 3.17. The number of thiophene rings is 1. The maximum atomic E-state index is 12.5. The summed E-state index contributed by atoms with van der Waals surface area (Å²) >= 11 is 1.47. The van der Waals surface area contributed by atoms with Crippen molar-refractivity contribution in [1.29, 1.82) is 0 Å². The number of nitrogens with one attached hydrogen (secondary N) is 1. The summed E-state index contributed by atoms with van der Waals surface area (Å²) in [7, 11) is 0. The van der Waals surface area contributed by atoms with E-state index in [9.17, 15) is 9.59 Å². The number of hydrogen-bond acceptors (Lipinski definition) is 4. The van der Waals surface area contributed by atoms with Gasteiger partial charge in [-0.25, -0.2) is 0 Å². The van der Waals surface area contributed by atoms with Gasteiger partial charge in [0.15, 0.2) is 0 Å². The van der Waals surface area contributed by atoms with Crippen LogP contribution in [0.3, 0.4) is 0 Å². The summed E-state index contributed by atoms with van der Waals surface area (Å²) in [5.74, 6) is 0.844. The maximum Gasteiger partial charge on any atom is 0.264 e. The molecule has 21 heavy (non-hydrogen) atoms. The third-order valence-electron chi connectivity index (χ3n) is 4.45. The Kier molecular flexibility index (Phi) is 4.26. The Hall–Kier alpha value is -1.40. The van der Waals surface area contributed by atoms with Crippen LogP contribution in [0.2, 0.25) is 0 Å². The number of hydrogen-bond donors (Lipinski definition) is 1. The van der Waals surface area contributed by atoms with E-state index in [1.165, 1.54) is 11.3 Å². The standard InChI is InChI=1S/C15H21N3O2S/c1-11-9-16-10-12(11)14(19)17-4-6-18(7-5-17)15(20)13-3-2-8-21-13/h2-3,8,11-12,16H,4-7,9-10H2,1H3/t11-,12-/m1/s1. The van der Waals surface area contributed by atoms with Crippen LogP contribution in [0.1, 0.15) is 16.6 Å². The molecule has 3 heterocycles. The normalized spacial score (nSPS) is 26.1. The minimum Gasteiger partial charge on any atom is -0.339 e. The highest BCUT2D eigenvalue weighted by molar-refractivity contribution is 7.12. The van der Waals surface area contributed by atoms with Gasteiger partial charge in [0.05, 0.1) is 10.8 Å². The molecule has 1 aromatic rings. The van der Waals surface area contributed by atoms with E-state index in [1.807, 2.05) is 27.3 Å². The first-order valence-corrected chi connectivity index (χ1v) is 8.37. The van der Waals surface area contributed by atoms with Gasteiger partial charge in [-0.05, 0) is 23.9 Å². The van der Waals surface area contributed by atoms with Crippen molar-refractivity contribution in [2.45, 2.75) is 6.92 Å². The summed E-state index contributed by atoms with van der Waals surface area (Å²) in [6.45, 7) is 6.41. The van der Waals surface area contributed by atoms with Crippen LogP contribution in [0.15, 0.2) is 17.5 Å². The van der Waals surface area contributed by atoms with Crippen LogP contribution in [0.25, 0.3) is 0 Å². The Morgan fingerprint density at radius 1 is 1.19 bits per heavy atom. The Balaban J connectivity index is 1.55. The third-order valence-corrected chi connectivity index (χ3v) is 5.30. The highest BCUT2D eigenvalue weighted by Crippen LogP contribution is 2.20. The first-order valence-electron chi connectivity index (χ1n) is 7.49. The van der Waals surface area contributed by atoms with Crippen molar-refractivity contribution in [3.05, 3.63) is 22.4 Å². The Labute approximate surface area is 128 Å². The van der Waals surface area contributed by atoms with Gasteiger partial charge >= 0.3 is 0 Å². The number of carbonyl (C=O) groups is 2. The number of rotatable bonds is 2. The van der Waals surface area contributed by atoms with Crippen LogP contribution in [0.5, 0.6) is 0 Å². The zero-order valence-corrected chi connectivity index (χ0v) is 13.1. The number of nitrogens with zero attached hydrogens (tertiary/aromatic N) is 2. The molecule has 6 heteroatoms. The summed E-state index contributed by atoms with van der Waals surface area (Å²) < 4.78 is 0. The molecule has 2 aliphatic rings. The second-order valence-electron chi connectivity index (χ2n) is 5.84. The SMILES string of the molecule is C[C@@H]1CNC[C@H]1C(=O)N1CCN(C(=O)c2cccs2)CC1. The van der Waals surface area contributed by atoms with Gasteiger partial charge in [0.1, 0.15) is 0 Å². The van der Waals surface area contributed by atoms with E-state index < -0.39 is 0 Å². The number of piperazine rings is 1. The van der Waals surface area contributed by atoms with Crippen molar-refractivity contribution in [2.75, 3.05) is 39.3 Å². The summed E-state index contributed by atoms with van der Waals surface area (Å²) in [5.41, 5.74) is 0. The molecule has 2 fully saturated rings. The summed E-state index contributed by atoms with van der Waals surface area (Å²) in [5, 5.41) is 5.20. The third kappa shape index (κ3) is 2.96. The molecule has 1 aromatic heterocycles. The van der Waals surface area contributed by atoms with Crippen LogP contribution in [-0.2, 0) is 4.79 Å². The first-order chi connectivity index (χ1) is 10.2. The Bertz CT molecular complexity index is 509. The quantitative estimate of drug-likeness (QED) is 0.883. The predicted molar refractivity (Wildman–Crippen MR) is 82.3 cm³/mol. The van der Waals surface area contributed by atoms with Gasteiger partial charge in [-0.15, -0.1) is 11.3 Å². The fourth-order valence-electron chi connectivity index (χ4n) is 3.06. The fourth-order valence-corrected chi connectivity index (χ4v) is 3.75. The van der Waals surface area contributed by atoms with Crippen LogP contribution in [-0.4, -0.2) is 60.9 Å². The largest absolute Gasteiger partial charge is 0.339 e. The van der Waals surface area contributed by atoms with Crippen molar-refractivity contribution in [2.24, 2.45) is 11.8 Å². The molecule has 0 saturated carbocycles. The lowest BCUT2D eigenvalue weighted by Gasteiger charge is -2.36. The molecule has 0 aromatic carbocycles. The van der Waals surface area contributed by atoms with Gasteiger partial charge in [0.25, 0.3) is 5.91 Å². The molecule has 114 valence electrons. The summed E-state index contributed by atoms with van der Waals surface area (Å²) in [6.07, 6.45) is 0. The van der Waals surface area contributed by atoms with E-state index in [-0.39, 0.29) is 17.7 Å². The molecule has 2 atom stereocenters. The van der Waals surface area contributed by atoms with Gasteiger partial charge in [0.2, 0.25) is 5.91 Å². The van der Waals surface area contributed by atoms with Crippen molar-refractivity contribution in [3.63, 3.8) is 0 Å². The number of carbonyl (C=O) groups excluding carboxylic acids is 2. The second kappa shape index (κ2) is 6.15. The zero-order valence-electron chi connectivity index (χ0n) is 12.2. The monoisotopic (exact) mass is 307 g/mol. The highest BCUT2D eigenvalue weighted by atomic mass is 32.1. The molecule has 0 unspecified atom stereocenters. The predicted octanol–water partition coefficient (Wildman–Crippen LogP) is 0.888. The Morgan fingerprint density at radius 3 is 2.48 bits per heavy atom. The van der Waals surface area contributed by atoms with Gasteiger partial charge in [-0.3, -0.25) is 9.59 Å². The lowest BCUT2D eigenvalue weighted by Crippen LogP contribution is -2.52. The van der Waals surface area contributed by atoms with Crippen LogP contribution in [0, 0.1) is 11.8 Å². The van der Waals surface area contributed by atoms with Crippen molar-refractivity contribution in [1.82, 2.24) is 15.1 Å². The van der Waals surface area contributed by atoms with Crippen LogP contribution in [0.4, 0.5) is 0 Å². The minimum atomic E-state index is 0.0907. The lowest BCUT2D eigenvalue weighted by atomic mass is 9.96. The molecule has 0 spiro atoms. The van der Waals surface area contributed by atoms with Crippen molar-refractivity contribution < 1.29 is 9.59 Å². The molecular weight excluding hydrogens is 286 g/mol. The minimum absolute atomic E-state index is 0.0907. The van der Waals surface area contributed by atoms with Gasteiger partial charge < -0.3 is 15.1 Å². The molecule has 2 saturated heterocycles. The number of amides is 2. The molecule has 1 N–H and O–H groups in total. The molecular formula is C15H21N3O2S.